The molecule has 0 atom stereocenters. The normalized spacial score (nSPS) is 12.1. The minimum atomic E-state index is -3.68. The van der Waals surface area contributed by atoms with Crippen LogP contribution in [0, 0.1) is 6.92 Å². The Balaban J connectivity index is 1.97. The summed E-state index contributed by atoms with van der Waals surface area (Å²) in [4.78, 5) is 4.31. The number of primary sulfonamides is 1. The van der Waals surface area contributed by atoms with Crippen LogP contribution in [0.5, 0.6) is 5.75 Å². The number of aryl methyl sites for hydroxylation is 1. The van der Waals surface area contributed by atoms with Crippen LogP contribution in [-0.2, 0) is 23.1 Å². The lowest BCUT2D eigenvalue weighted by molar-refractivity contribution is 0.239. The maximum Gasteiger partial charge on any atom is 0.238 e. The first kappa shape index (κ1) is 21.7. The molecule has 0 aromatic heterocycles. The summed E-state index contributed by atoms with van der Waals surface area (Å²) in [5.74, 6) is 1.49. The Labute approximate surface area is 167 Å². The third-order valence-electron chi connectivity index (χ3n) is 3.97. The fraction of sp³-hybridized carbons (Fsp3) is 0.350. The molecule has 2 aromatic rings. The van der Waals surface area contributed by atoms with Gasteiger partial charge in [-0.25, -0.2) is 13.6 Å². The van der Waals surface area contributed by atoms with Crippen molar-refractivity contribution < 1.29 is 13.2 Å². The Kier molecular flexibility index (Phi) is 7.42. The van der Waals surface area contributed by atoms with E-state index >= 15 is 0 Å². The van der Waals surface area contributed by atoms with E-state index < -0.39 is 10.0 Å². The zero-order chi connectivity index (χ0) is 20.7. The van der Waals surface area contributed by atoms with Gasteiger partial charge < -0.3 is 15.4 Å². The highest BCUT2D eigenvalue weighted by Crippen LogP contribution is 2.21. The summed E-state index contributed by atoms with van der Waals surface area (Å²) in [6.07, 6.45) is 0.0956. The molecule has 0 aliphatic rings. The summed E-state index contributed by atoms with van der Waals surface area (Å²) in [7, 11) is -1.98. The number of ether oxygens (including phenoxy) is 1. The second-order valence-corrected chi connectivity index (χ2v) is 8.31. The molecule has 0 spiro atoms. The molecule has 0 amide bonds. The molecular formula is C20H28N4O3S. The molecule has 2 aromatic carbocycles. The number of aliphatic imine (C=N–C) groups is 1. The van der Waals surface area contributed by atoms with E-state index in [4.69, 9.17) is 9.88 Å². The molecule has 0 saturated carbocycles. The van der Waals surface area contributed by atoms with Crippen LogP contribution in [0.3, 0.4) is 0 Å². The van der Waals surface area contributed by atoms with Gasteiger partial charge >= 0.3 is 0 Å². The zero-order valence-corrected chi connectivity index (χ0v) is 17.5. The molecule has 28 heavy (non-hydrogen) atoms. The van der Waals surface area contributed by atoms with Gasteiger partial charge in [-0.1, -0.05) is 24.3 Å². The van der Waals surface area contributed by atoms with E-state index in [0.717, 1.165) is 22.4 Å². The first-order valence-corrected chi connectivity index (χ1v) is 10.6. The largest absolute Gasteiger partial charge is 0.491 e. The maximum absolute atomic E-state index is 11.3. The Morgan fingerprint density at radius 3 is 2.32 bits per heavy atom. The molecule has 0 aliphatic heterocycles. The van der Waals surface area contributed by atoms with Gasteiger partial charge in [0.2, 0.25) is 10.0 Å². The van der Waals surface area contributed by atoms with Gasteiger partial charge in [0.05, 0.1) is 11.0 Å². The number of hydrogen-bond acceptors (Lipinski definition) is 4. The molecule has 0 saturated heterocycles. The minimum absolute atomic E-state index is 0.0933. The third kappa shape index (κ3) is 6.54. The molecule has 0 heterocycles. The average molecular weight is 405 g/mol. The number of nitrogens with zero attached hydrogens (tertiary/aromatic N) is 1. The van der Waals surface area contributed by atoms with Gasteiger partial charge in [-0.3, -0.25) is 4.99 Å². The highest BCUT2D eigenvalue weighted by Gasteiger charge is 2.09. The van der Waals surface area contributed by atoms with Crippen molar-refractivity contribution >= 4 is 16.0 Å². The van der Waals surface area contributed by atoms with Crippen LogP contribution < -0.4 is 20.5 Å². The monoisotopic (exact) mass is 404 g/mol. The Morgan fingerprint density at radius 1 is 1.11 bits per heavy atom. The molecule has 152 valence electrons. The van der Waals surface area contributed by atoms with Gasteiger partial charge in [-0.2, -0.15) is 0 Å². The number of nitrogens with one attached hydrogen (secondary N) is 2. The molecule has 0 bridgehead atoms. The molecule has 2 rings (SSSR count). The van der Waals surface area contributed by atoms with Gasteiger partial charge in [0.25, 0.3) is 0 Å². The summed E-state index contributed by atoms with van der Waals surface area (Å²) < 4.78 is 28.5. The van der Waals surface area contributed by atoms with Crippen molar-refractivity contribution in [2.45, 2.75) is 44.9 Å². The lowest BCUT2D eigenvalue weighted by atomic mass is 10.1. The highest BCUT2D eigenvalue weighted by atomic mass is 32.2. The van der Waals surface area contributed by atoms with E-state index in [1.807, 2.05) is 39.0 Å². The fourth-order valence-corrected chi connectivity index (χ4v) is 3.07. The van der Waals surface area contributed by atoms with Crippen LogP contribution in [0.4, 0.5) is 0 Å². The van der Waals surface area contributed by atoms with E-state index in [1.54, 1.807) is 19.2 Å². The predicted octanol–water partition coefficient (Wildman–Crippen LogP) is 2.29. The van der Waals surface area contributed by atoms with Crippen LogP contribution in [-0.4, -0.2) is 27.5 Å². The second kappa shape index (κ2) is 9.57. The molecule has 0 unspecified atom stereocenters. The molecule has 7 nitrogen and oxygen atoms in total. The second-order valence-electron chi connectivity index (χ2n) is 6.75. The summed E-state index contributed by atoms with van der Waals surface area (Å²) >= 11 is 0. The maximum atomic E-state index is 11.3. The predicted molar refractivity (Wildman–Crippen MR) is 112 cm³/mol. The Morgan fingerprint density at radius 2 is 1.75 bits per heavy atom. The number of guanidine groups is 1. The summed E-state index contributed by atoms with van der Waals surface area (Å²) in [5.41, 5.74) is 3.10. The van der Waals surface area contributed by atoms with Crippen LogP contribution >= 0.6 is 0 Å². The number of nitrogens with two attached hydrogens (primary N) is 1. The van der Waals surface area contributed by atoms with Crippen molar-refractivity contribution in [1.82, 2.24) is 10.6 Å². The van der Waals surface area contributed by atoms with Crippen LogP contribution in [0.2, 0.25) is 0 Å². The first-order valence-electron chi connectivity index (χ1n) is 9.01. The zero-order valence-electron chi connectivity index (χ0n) is 16.7. The quantitative estimate of drug-likeness (QED) is 0.485. The van der Waals surface area contributed by atoms with E-state index in [1.165, 1.54) is 12.1 Å². The van der Waals surface area contributed by atoms with Gasteiger partial charge in [0.1, 0.15) is 5.75 Å². The van der Waals surface area contributed by atoms with E-state index in [-0.39, 0.29) is 11.0 Å². The molecule has 4 N–H and O–H groups in total. The topological polar surface area (TPSA) is 106 Å². The van der Waals surface area contributed by atoms with E-state index in [0.29, 0.717) is 19.0 Å². The fourth-order valence-electron chi connectivity index (χ4n) is 2.55. The molecule has 0 aliphatic carbocycles. The van der Waals surface area contributed by atoms with E-state index in [2.05, 4.69) is 15.6 Å². The average Bonchev–Trinajstić information content (AvgIpc) is 2.62. The molecular weight excluding hydrogens is 376 g/mol. The first-order chi connectivity index (χ1) is 13.2. The number of rotatable bonds is 7. The SMILES string of the molecule is CN=C(NCc1ccc(S(N)(=O)=O)cc1)NCc1ccc(C)cc1OC(C)C. The van der Waals surface area contributed by atoms with Crippen LogP contribution in [0.25, 0.3) is 0 Å². The van der Waals surface area contributed by atoms with Crippen molar-refractivity contribution in [2.75, 3.05) is 7.05 Å². The van der Waals surface area contributed by atoms with Crippen molar-refractivity contribution in [3.63, 3.8) is 0 Å². The Hall–Kier alpha value is -2.58. The van der Waals surface area contributed by atoms with Crippen LogP contribution in [0.15, 0.2) is 52.4 Å². The minimum Gasteiger partial charge on any atom is -0.491 e. The van der Waals surface area contributed by atoms with Crippen molar-refractivity contribution in [3.8, 4) is 5.75 Å². The van der Waals surface area contributed by atoms with Crippen LogP contribution in [0.1, 0.15) is 30.5 Å². The Bertz CT molecular complexity index is 923. The standard InChI is InChI=1S/C20H28N4O3S/c1-14(2)27-19-11-15(3)5-8-17(19)13-24-20(22-4)23-12-16-6-9-18(10-7-16)28(21,25)26/h5-11,14H,12-13H2,1-4H3,(H2,21,25,26)(H2,22,23,24). The number of hydrogen-bond donors (Lipinski definition) is 3. The van der Waals surface area contributed by atoms with Crippen molar-refractivity contribution in [1.29, 1.82) is 0 Å². The molecule has 8 heteroatoms. The molecule has 0 radical (unpaired) electrons. The van der Waals surface area contributed by atoms with Crippen molar-refractivity contribution in [2.24, 2.45) is 10.1 Å². The van der Waals surface area contributed by atoms with Crippen molar-refractivity contribution in [3.05, 3.63) is 59.2 Å². The summed E-state index contributed by atoms with van der Waals surface area (Å²) in [6, 6.07) is 12.5. The third-order valence-corrected chi connectivity index (χ3v) is 4.90. The summed E-state index contributed by atoms with van der Waals surface area (Å²) in [6.45, 7) is 7.09. The lowest BCUT2D eigenvalue weighted by Crippen LogP contribution is -2.36. The smallest absolute Gasteiger partial charge is 0.238 e. The summed E-state index contributed by atoms with van der Waals surface area (Å²) in [5, 5.41) is 11.6. The van der Waals surface area contributed by atoms with E-state index in [9.17, 15) is 8.42 Å². The van der Waals surface area contributed by atoms with Gasteiger partial charge in [-0.05, 0) is 50.1 Å². The number of sulfonamides is 1. The number of benzene rings is 2. The highest BCUT2D eigenvalue weighted by molar-refractivity contribution is 7.89. The molecule has 0 fully saturated rings. The lowest BCUT2D eigenvalue weighted by Gasteiger charge is -2.17. The van der Waals surface area contributed by atoms with Gasteiger partial charge in [-0.15, -0.1) is 0 Å². The van der Waals surface area contributed by atoms with Gasteiger partial charge in [0, 0.05) is 25.7 Å². The van der Waals surface area contributed by atoms with Gasteiger partial charge in [0.15, 0.2) is 5.96 Å².